The molecule has 0 bridgehead atoms. The van der Waals surface area contributed by atoms with Crippen LogP contribution < -0.4 is 5.56 Å². The molecule has 1 aromatic heterocycles. The van der Waals surface area contributed by atoms with Crippen LogP contribution in [0.2, 0.25) is 0 Å². The molecule has 0 saturated heterocycles. The molecular formula is C13H16F3NO2. The Morgan fingerprint density at radius 3 is 2.63 bits per heavy atom. The fraction of sp³-hybridized carbons (Fsp3) is 0.615. The molecule has 0 aliphatic heterocycles. The van der Waals surface area contributed by atoms with Crippen molar-refractivity contribution in [3.05, 3.63) is 34.2 Å². The van der Waals surface area contributed by atoms with Crippen LogP contribution in [0.5, 0.6) is 0 Å². The summed E-state index contributed by atoms with van der Waals surface area (Å²) in [6, 6.07) is 1.73. The van der Waals surface area contributed by atoms with Gasteiger partial charge >= 0.3 is 6.18 Å². The van der Waals surface area contributed by atoms with E-state index in [1.165, 1.54) is 0 Å². The molecule has 2 atom stereocenters. The smallest absolute Gasteiger partial charge is 0.393 e. The molecule has 6 heteroatoms. The molecule has 1 N–H and O–H groups in total. The van der Waals surface area contributed by atoms with E-state index in [2.05, 4.69) is 0 Å². The van der Waals surface area contributed by atoms with Crippen LogP contribution in [0.1, 0.15) is 31.2 Å². The summed E-state index contributed by atoms with van der Waals surface area (Å²) in [5.41, 5.74) is -1.26. The van der Waals surface area contributed by atoms with Crippen LogP contribution in [0.4, 0.5) is 13.2 Å². The standard InChI is InChI=1S/C13H16F3NO2/c14-13(15,16)10-4-5-12(19)17(8-10)7-6-9-2-1-3-11(9)18/h4-5,8-9,11,18H,1-3,6-7H2. The van der Waals surface area contributed by atoms with Crippen LogP contribution in [0, 0.1) is 5.92 Å². The lowest BCUT2D eigenvalue weighted by Crippen LogP contribution is -2.24. The number of hydrogen-bond donors (Lipinski definition) is 1. The third-order valence-corrected chi connectivity index (χ3v) is 3.67. The maximum atomic E-state index is 12.5. The van der Waals surface area contributed by atoms with Crippen LogP contribution in [0.15, 0.2) is 23.1 Å². The minimum Gasteiger partial charge on any atom is -0.393 e. The molecule has 0 amide bonds. The topological polar surface area (TPSA) is 42.2 Å². The van der Waals surface area contributed by atoms with E-state index in [0.29, 0.717) is 6.42 Å². The fourth-order valence-corrected chi connectivity index (χ4v) is 2.53. The van der Waals surface area contributed by atoms with Crippen LogP contribution in [0.3, 0.4) is 0 Å². The van der Waals surface area contributed by atoms with Crippen molar-refractivity contribution >= 4 is 0 Å². The van der Waals surface area contributed by atoms with Gasteiger partial charge in [-0.1, -0.05) is 6.42 Å². The van der Waals surface area contributed by atoms with E-state index >= 15 is 0 Å². The molecule has 2 unspecified atom stereocenters. The molecule has 106 valence electrons. The van der Waals surface area contributed by atoms with Crippen molar-refractivity contribution in [1.29, 1.82) is 0 Å². The summed E-state index contributed by atoms with van der Waals surface area (Å²) in [7, 11) is 0. The van der Waals surface area contributed by atoms with Crippen molar-refractivity contribution in [3.63, 3.8) is 0 Å². The number of alkyl halides is 3. The summed E-state index contributed by atoms with van der Waals surface area (Å²) in [6.45, 7) is 0.213. The average Bonchev–Trinajstić information content (AvgIpc) is 2.72. The van der Waals surface area contributed by atoms with Gasteiger partial charge in [-0.15, -0.1) is 0 Å². The second-order valence-corrected chi connectivity index (χ2v) is 4.99. The normalized spacial score (nSPS) is 23.8. The lowest BCUT2D eigenvalue weighted by Gasteiger charge is -2.16. The number of nitrogens with zero attached hydrogens (tertiary/aromatic N) is 1. The second-order valence-electron chi connectivity index (χ2n) is 4.99. The van der Waals surface area contributed by atoms with Crippen LogP contribution in [-0.4, -0.2) is 15.8 Å². The maximum absolute atomic E-state index is 12.5. The molecule has 0 radical (unpaired) electrons. The number of halogens is 3. The van der Waals surface area contributed by atoms with Gasteiger partial charge in [0.05, 0.1) is 11.7 Å². The van der Waals surface area contributed by atoms with Crippen molar-refractivity contribution in [3.8, 4) is 0 Å². The zero-order chi connectivity index (χ0) is 14.0. The molecule has 1 saturated carbocycles. The minimum absolute atomic E-state index is 0.0847. The summed E-state index contributed by atoms with van der Waals surface area (Å²) >= 11 is 0. The first-order chi connectivity index (χ1) is 8.88. The predicted molar refractivity (Wildman–Crippen MR) is 63.7 cm³/mol. The quantitative estimate of drug-likeness (QED) is 0.920. The number of hydrogen-bond acceptors (Lipinski definition) is 2. The Balaban J connectivity index is 2.09. The third-order valence-electron chi connectivity index (χ3n) is 3.67. The SMILES string of the molecule is O=c1ccc(C(F)(F)F)cn1CCC1CCCC1O. The number of aliphatic hydroxyl groups is 1. The lowest BCUT2D eigenvalue weighted by atomic mass is 10.0. The Morgan fingerprint density at radius 2 is 2.05 bits per heavy atom. The lowest BCUT2D eigenvalue weighted by molar-refractivity contribution is -0.138. The molecular weight excluding hydrogens is 259 g/mol. The van der Waals surface area contributed by atoms with Crippen molar-refractivity contribution in [2.45, 2.75) is 44.5 Å². The number of rotatable bonds is 3. The molecule has 1 aromatic rings. The second kappa shape index (κ2) is 5.36. The van der Waals surface area contributed by atoms with Gasteiger partial charge in [-0.2, -0.15) is 13.2 Å². The van der Waals surface area contributed by atoms with Gasteiger partial charge < -0.3 is 9.67 Å². The van der Waals surface area contributed by atoms with Gasteiger partial charge in [0.2, 0.25) is 0 Å². The van der Waals surface area contributed by atoms with Crippen LogP contribution in [0.25, 0.3) is 0 Å². The van der Waals surface area contributed by atoms with E-state index in [1.807, 2.05) is 0 Å². The first-order valence-electron chi connectivity index (χ1n) is 6.33. The van der Waals surface area contributed by atoms with Crippen LogP contribution >= 0.6 is 0 Å². The van der Waals surface area contributed by atoms with Crippen LogP contribution in [-0.2, 0) is 12.7 Å². The largest absolute Gasteiger partial charge is 0.417 e. The summed E-state index contributed by atoms with van der Waals surface area (Å²) in [4.78, 5) is 11.5. The zero-order valence-electron chi connectivity index (χ0n) is 10.4. The van der Waals surface area contributed by atoms with Gasteiger partial charge in [-0.05, 0) is 31.2 Å². The van der Waals surface area contributed by atoms with E-state index in [9.17, 15) is 23.1 Å². The summed E-state index contributed by atoms with van der Waals surface area (Å²) in [5.74, 6) is 0.0847. The number of pyridine rings is 1. The van der Waals surface area contributed by atoms with E-state index in [1.54, 1.807) is 0 Å². The Bertz CT molecular complexity index is 495. The van der Waals surface area contributed by atoms with Gasteiger partial charge in [-0.25, -0.2) is 0 Å². The van der Waals surface area contributed by atoms with E-state index in [0.717, 1.165) is 42.2 Å². The fourth-order valence-electron chi connectivity index (χ4n) is 2.53. The van der Waals surface area contributed by atoms with Crippen molar-refractivity contribution in [2.75, 3.05) is 0 Å². The van der Waals surface area contributed by atoms with Gasteiger partial charge in [0.25, 0.3) is 5.56 Å². The van der Waals surface area contributed by atoms with Crippen molar-refractivity contribution in [1.82, 2.24) is 4.57 Å². The first kappa shape index (κ1) is 14.1. The molecule has 1 heterocycles. The highest BCUT2D eigenvalue weighted by atomic mass is 19.4. The zero-order valence-corrected chi connectivity index (χ0v) is 10.4. The van der Waals surface area contributed by atoms with E-state index < -0.39 is 17.3 Å². The number of aryl methyl sites for hydroxylation is 1. The molecule has 1 aliphatic carbocycles. The third kappa shape index (κ3) is 3.37. The summed E-state index contributed by atoms with van der Waals surface area (Å²) in [5, 5.41) is 9.65. The van der Waals surface area contributed by atoms with Gasteiger partial charge in [0.1, 0.15) is 0 Å². The monoisotopic (exact) mass is 275 g/mol. The molecule has 0 aromatic carbocycles. The Kier molecular flexibility index (Phi) is 3.99. The van der Waals surface area contributed by atoms with E-state index in [-0.39, 0.29) is 18.6 Å². The van der Waals surface area contributed by atoms with Crippen molar-refractivity contribution < 1.29 is 18.3 Å². The Labute approximate surface area is 108 Å². The Hall–Kier alpha value is -1.30. The van der Waals surface area contributed by atoms with Gasteiger partial charge in [0, 0.05) is 18.8 Å². The molecule has 2 rings (SSSR count). The number of aromatic nitrogens is 1. The summed E-state index contributed by atoms with van der Waals surface area (Å²) in [6.07, 6.45) is -0.907. The highest BCUT2D eigenvalue weighted by Crippen LogP contribution is 2.30. The highest BCUT2D eigenvalue weighted by Gasteiger charge is 2.31. The van der Waals surface area contributed by atoms with Gasteiger partial charge in [-0.3, -0.25) is 4.79 Å². The first-order valence-corrected chi connectivity index (χ1v) is 6.33. The molecule has 0 spiro atoms. The number of aliphatic hydroxyl groups excluding tert-OH is 1. The molecule has 19 heavy (non-hydrogen) atoms. The predicted octanol–water partition coefficient (Wildman–Crippen LogP) is 2.42. The molecule has 1 fully saturated rings. The molecule has 1 aliphatic rings. The maximum Gasteiger partial charge on any atom is 0.417 e. The highest BCUT2D eigenvalue weighted by molar-refractivity contribution is 5.13. The summed E-state index contributed by atoms with van der Waals surface area (Å²) < 4.78 is 38.7. The minimum atomic E-state index is -4.44. The van der Waals surface area contributed by atoms with Gasteiger partial charge in [0.15, 0.2) is 0 Å². The average molecular weight is 275 g/mol. The molecule has 3 nitrogen and oxygen atoms in total. The van der Waals surface area contributed by atoms with Crippen molar-refractivity contribution in [2.24, 2.45) is 5.92 Å². The Morgan fingerprint density at radius 1 is 1.32 bits per heavy atom. The van der Waals surface area contributed by atoms with E-state index in [4.69, 9.17) is 0 Å².